The molecule has 2 heterocycles. The van der Waals surface area contributed by atoms with Crippen LogP contribution in [0.1, 0.15) is 33.2 Å². The molecule has 29 heavy (non-hydrogen) atoms. The second-order valence-electron chi connectivity index (χ2n) is 6.90. The van der Waals surface area contributed by atoms with E-state index in [9.17, 15) is 18.0 Å². The molecule has 4 N–H and O–H groups in total. The topological polar surface area (TPSA) is 111 Å². The fourth-order valence-corrected chi connectivity index (χ4v) is 2.88. The number of benzene rings is 1. The van der Waals surface area contributed by atoms with E-state index in [4.69, 9.17) is 5.73 Å². The number of carbonyl (C=O) groups is 1. The van der Waals surface area contributed by atoms with Crippen LogP contribution in [0.4, 0.5) is 30.8 Å². The fraction of sp³-hybridized carbons (Fsp3) is 0.333. The summed E-state index contributed by atoms with van der Waals surface area (Å²) in [5.41, 5.74) is 5.40. The van der Waals surface area contributed by atoms with Crippen molar-refractivity contribution in [1.29, 1.82) is 0 Å². The lowest BCUT2D eigenvalue weighted by Crippen LogP contribution is -2.19. The van der Waals surface area contributed by atoms with Gasteiger partial charge in [-0.25, -0.2) is 23.1 Å². The van der Waals surface area contributed by atoms with E-state index in [1.165, 1.54) is 10.8 Å². The van der Waals surface area contributed by atoms with Gasteiger partial charge in [0.15, 0.2) is 17.3 Å². The maximum Gasteiger partial charge on any atom is 0.224 e. The van der Waals surface area contributed by atoms with Crippen LogP contribution in [0.3, 0.4) is 0 Å². The lowest BCUT2D eigenvalue weighted by atomic mass is 10.2. The number of imidazole rings is 1. The van der Waals surface area contributed by atoms with Crippen LogP contribution >= 0.6 is 0 Å². The summed E-state index contributed by atoms with van der Waals surface area (Å²) in [5.74, 6) is -3.54. The van der Waals surface area contributed by atoms with E-state index in [2.05, 4.69) is 25.6 Å². The van der Waals surface area contributed by atoms with Gasteiger partial charge in [-0.3, -0.25) is 9.36 Å². The SMILES string of the molecule is CC(C)Nc1ncc2nc(Nc3c(F)cc(F)cc3F)n([C@@H](C)CC(N)=O)c2n1. The monoisotopic (exact) mass is 407 g/mol. The number of nitrogens with two attached hydrogens (primary N) is 1. The van der Waals surface area contributed by atoms with Gasteiger partial charge < -0.3 is 16.4 Å². The number of fused-ring (bicyclic) bond motifs is 1. The van der Waals surface area contributed by atoms with Gasteiger partial charge in [-0.1, -0.05) is 0 Å². The van der Waals surface area contributed by atoms with E-state index in [0.717, 1.165) is 0 Å². The second kappa shape index (κ2) is 7.94. The predicted molar refractivity (Wildman–Crippen MR) is 102 cm³/mol. The number of nitrogens with one attached hydrogen (secondary N) is 2. The zero-order chi connectivity index (χ0) is 21.3. The lowest BCUT2D eigenvalue weighted by molar-refractivity contribution is -0.118. The summed E-state index contributed by atoms with van der Waals surface area (Å²) in [7, 11) is 0. The molecule has 1 aromatic carbocycles. The molecule has 0 spiro atoms. The van der Waals surface area contributed by atoms with E-state index in [1.807, 2.05) is 13.8 Å². The average Bonchev–Trinajstić information content (AvgIpc) is 2.94. The van der Waals surface area contributed by atoms with Crippen molar-refractivity contribution >= 4 is 34.7 Å². The van der Waals surface area contributed by atoms with Gasteiger partial charge in [0.05, 0.1) is 6.20 Å². The van der Waals surface area contributed by atoms with Crippen LogP contribution in [0.25, 0.3) is 11.2 Å². The number of aromatic nitrogens is 4. The summed E-state index contributed by atoms with van der Waals surface area (Å²) in [6.07, 6.45) is 1.38. The molecular formula is C18H20F3N7O. The Labute approximate surface area is 164 Å². The third kappa shape index (κ3) is 4.39. The number of rotatable bonds is 7. The van der Waals surface area contributed by atoms with E-state index in [1.54, 1.807) is 6.92 Å². The molecule has 0 aliphatic heterocycles. The van der Waals surface area contributed by atoms with Gasteiger partial charge in [0, 0.05) is 30.6 Å². The van der Waals surface area contributed by atoms with Gasteiger partial charge in [0.25, 0.3) is 0 Å². The molecule has 2 aromatic heterocycles. The summed E-state index contributed by atoms with van der Waals surface area (Å²) in [6.45, 7) is 5.51. The van der Waals surface area contributed by atoms with Crippen molar-refractivity contribution in [2.45, 2.75) is 39.3 Å². The highest BCUT2D eigenvalue weighted by Crippen LogP contribution is 2.30. The number of carbonyl (C=O) groups excluding carboxylic acids is 1. The van der Waals surface area contributed by atoms with Crippen LogP contribution in [0.2, 0.25) is 0 Å². The summed E-state index contributed by atoms with van der Waals surface area (Å²) in [5, 5.41) is 5.59. The van der Waals surface area contributed by atoms with Gasteiger partial charge in [-0.05, 0) is 20.8 Å². The first-order valence-corrected chi connectivity index (χ1v) is 8.87. The molecule has 0 fully saturated rings. The molecule has 11 heteroatoms. The lowest BCUT2D eigenvalue weighted by Gasteiger charge is -2.17. The third-order valence-electron chi connectivity index (χ3n) is 4.03. The van der Waals surface area contributed by atoms with Crippen LogP contribution < -0.4 is 16.4 Å². The highest BCUT2D eigenvalue weighted by atomic mass is 19.1. The molecule has 1 atom stereocenters. The van der Waals surface area contributed by atoms with E-state index >= 15 is 0 Å². The molecule has 8 nitrogen and oxygen atoms in total. The Bertz CT molecular complexity index is 1040. The molecule has 0 saturated carbocycles. The number of amides is 1. The van der Waals surface area contributed by atoms with Crippen LogP contribution in [0.15, 0.2) is 18.3 Å². The van der Waals surface area contributed by atoms with Crippen LogP contribution in [0.5, 0.6) is 0 Å². The summed E-state index contributed by atoms with van der Waals surface area (Å²) in [4.78, 5) is 24.3. The minimum absolute atomic E-state index is 0.00848. The van der Waals surface area contributed by atoms with Crippen LogP contribution in [-0.2, 0) is 4.79 Å². The Morgan fingerprint density at radius 3 is 2.41 bits per heavy atom. The highest BCUT2D eigenvalue weighted by Gasteiger charge is 2.22. The van der Waals surface area contributed by atoms with E-state index in [-0.39, 0.29) is 18.4 Å². The van der Waals surface area contributed by atoms with Crippen molar-refractivity contribution < 1.29 is 18.0 Å². The first-order chi connectivity index (χ1) is 13.7. The van der Waals surface area contributed by atoms with Gasteiger partial charge >= 0.3 is 0 Å². The van der Waals surface area contributed by atoms with Crippen molar-refractivity contribution in [1.82, 2.24) is 19.5 Å². The van der Waals surface area contributed by atoms with Crippen LogP contribution in [-0.4, -0.2) is 31.5 Å². The highest BCUT2D eigenvalue weighted by molar-refractivity contribution is 5.78. The smallest absolute Gasteiger partial charge is 0.224 e. The fourth-order valence-electron chi connectivity index (χ4n) is 2.88. The Hall–Kier alpha value is -3.37. The summed E-state index contributed by atoms with van der Waals surface area (Å²) >= 11 is 0. The van der Waals surface area contributed by atoms with E-state index < -0.39 is 35.1 Å². The van der Waals surface area contributed by atoms with Gasteiger partial charge in [0.2, 0.25) is 17.8 Å². The maximum atomic E-state index is 14.1. The zero-order valence-corrected chi connectivity index (χ0v) is 16.0. The molecule has 3 rings (SSSR count). The van der Waals surface area contributed by atoms with Crippen molar-refractivity contribution in [2.75, 3.05) is 10.6 Å². The quantitative estimate of drug-likeness (QED) is 0.555. The second-order valence-corrected chi connectivity index (χ2v) is 6.90. The molecule has 0 aliphatic carbocycles. The molecule has 0 aliphatic rings. The summed E-state index contributed by atoms with van der Waals surface area (Å²) in [6, 6.07) is 0.631. The van der Waals surface area contributed by atoms with Crippen molar-refractivity contribution in [3.8, 4) is 0 Å². The van der Waals surface area contributed by atoms with Crippen molar-refractivity contribution in [3.63, 3.8) is 0 Å². The number of hydrogen-bond acceptors (Lipinski definition) is 6. The van der Waals surface area contributed by atoms with Gasteiger partial charge in [0.1, 0.15) is 17.0 Å². The molecule has 3 aromatic rings. The average molecular weight is 407 g/mol. The molecule has 0 saturated heterocycles. The minimum Gasteiger partial charge on any atom is -0.370 e. The predicted octanol–water partition coefficient (Wildman–Crippen LogP) is 3.24. The molecule has 0 bridgehead atoms. The molecule has 0 radical (unpaired) electrons. The number of hydrogen-bond donors (Lipinski definition) is 3. The standard InChI is InChI=1S/C18H20F3N7O/c1-8(2)24-17-23-7-13-16(27-17)28(9(3)4-14(22)29)18(25-13)26-15-11(20)5-10(19)6-12(15)21/h5-9H,4H2,1-3H3,(H2,22,29)(H,25,26)(H,23,24,27)/t9-/m0/s1. The van der Waals surface area contributed by atoms with Gasteiger partial charge in [-0.15, -0.1) is 0 Å². The molecule has 154 valence electrons. The Balaban J connectivity index is 2.13. The number of anilines is 3. The maximum absolute atomic E-state index is 14.1. The zero-order valence-electron chi connectivity index (χ0n) is 16.0. The molecule has 1 amide bonds. The Morgan fingerprint density at radius 1 is 1.17 bits per heavy atom. The third-order valence-corrected chi connectivity index (χ3v) is 4.03. The number of halogens is 3. The number of primary amides is 1. The van der Waals surface area contributed by atoms with Crippen LogP contribution in [0, 0.1) is 17.5 Å². The molecule has 0 unspecified atom stereocenters. The minimum atomic E-state index is -1.13. The first-order valence-electron chi connectivity index (χ1n) is 8.87. The largest absolute Gasteiger partial charge is 0.370 e. The Morgan fingerprint density at radius 2 is 1.83 bits per heavy atom. The van der Waals surface area contributed by atoms with E-state index in [0.29, 0.717) is 29.2 Å². The van der Waals surface area contributed by atoms with Crippen molar-refractivity contribution in [2.24, 2.45) is 5.73 Å². The normalized spacial score (nSPS) is 12.4. The van der Waals surface area contributed by atoms with Gasteiger partial charge in [-0.2, -0.15) is 4.98 Å². The molecular weight excluding hydrogens is 387 g/mol. The number of nitrogens with zero attached hydrogens (tertiary/aromatic N) is 4. The van der Waals surface area contributed by atoms with Crippen molar-refractivity contribution in [3.05, 3.63) is 35.8 Å². The Kier molecular flexibility index (Phi) is 5.57. The first kappa shape index (κ1) is 20.4. The summed E-state index contributed by atoms with van der Waals surface area (Å²) < 4.78 is 42.9.